The minimum absolute atomic E-state index is 0.515. The molecule has 0 amide bonds. The maximum atomic E-state index is 12.8. The van der Waals surface area contributed by atoms with Crippen molar-refractivity contribution >= 4 is 5.69 Å². The fraction of sp³-hybridized carbons (Fsp3) is 0.0909. The second kappa shape index (κ2) is 4.13. The lowest BCUT2D eigenvalue weighted by Gasteiger charge is -2.04. The van der Waals surface area contributed by atoms with Crippen molar-refractivity contribution in [2.24, 2.45) is 0 Å². The Hall–Kier alpha value is -1.84. The van der Waals surface area contributed by atoms with E-state index in [4.69, 9.17) is 4.42 Å². The lowest BCUT2D eigenvalue weighted by atomic mass is 10.2. The Morgan fingerprint density at radius 1 is 1.13 bits per heavy atom. The third-order valence-corrected chi connectivity index (χ3v) is 2.00. The SMILES string of the molecule is Fc1ccc(NCc2ccoc2)cc1F. The van der Waals surface area contributed by atoms with Crippen LogP contribution in [0.25, 0.3) is 0 Å². The molecule has 0 spiro atoms. The molecule has 1 aromatic heterocycles. The molecule has 0 aliphatic heterocycles. The molecule has 1 N–H and O–H groups in total. The van der Waals surface area contributed by atoms with Gasteiger partial charge in [0.25, 0.3) is 0 Å². The van der Waals surface area contributed by atoms with E-state index < -0.39 is 11.6 Å². The third-order valence-electron chi connectivity index (χ3n) is 2.00. The van der Waals surface area contributed by atoms with Crippen molar-refractivity contribution in [3.05, 3.63) is 54.0 Å². The Balaban J connectivity index is 2.02. The van der Waals surface area contributed by atoms with Crippen molar-refractivity contribution in [3.63, 3.8) is 0 Å². The zero-order valence-corrected chi connectivity index (χ0v) is 7.84. The fourth-order valence-corrected chi connectivity index (χ4v) is 1.20. The van der Waals surface area contributed by atoms with Crippen LogP contribution in [0, 0.1) is 11.6 Å². The van der Waals surface area contributed by atoms with Crippen molar-refractivity contribution in [1.29, 1.82) is 0 Å². The van der Waals surface area contributed by atoms with E-state index in [-0.39, 0.29) is 0 Å². The largest absolute Gasteiger partial charge is 0.472 e. The first-order chi connectivity index (χ1) is 7.25. The number of hydrogen-bond donors (Lipinski definition) is 1. The lowest BCUT2D eigenvalue weighted by Crippen LogP contribution is -1.98. The van der Waals surface area contributed by atoms with Crippen LogP contribution in [-0.2, 0) is 6.54 Å². The molecule has 1 aromatic carbocycles. The first kappa shape index (κ1) is 9.71. The van der Waals surface area contributed by atoms with Crippen molar-refractivity contribution in [2.75, 3.05) is 5.32 Å². The van der Waals surface area contributed by atoms with Crippen LogP contribution in [0.15, 0.2) is 41.2 Å². The van der Waals surface area contributed by atoms with E-state index >= 15 is 0 Å². The Morgan fingerprint density at radius 3 is 2.67 bits per heavy atom. The van der Waals surface area contributed by atoms with Gasteiger partial charge in [-0.1, -0.05) is 0 Å². The summed E-state index contributed by atoms with van der Waals surface area (Å²) in [7, 11) is 0. The molecule has 4 heteroatoms. The summed E-state index contributed by atoms with van der Waals surface area (Å²) in [5.74, 6) is -1.70. The van der Waals surface area contributed by atoms with Crippen LogP contribution in [0.2, 0.25) is 0 Å². The van der Waals surface area contributed by atoms with Crippen LogP contribution in [-0.4, -0.2) is 0 Å². The highest BCUT2D eigenvalue weighted by Gasteiger charge is 2.02. The highest BCUT2D eigenvalue weighted by molar-refractivity contribution is 5.43. The van der Waals surface area contributed by atoms with Gasteiger partial charge < -0.3 is 9.73 Å². The van der Waals surface area contributed by atoms with E-state index in [0.29, 0.717) is 12.2 Å². The summed E-state index contributed by atoms with van der Waals surface area (Å²) in [4.78, 5) is 0. The summed E-state index contributed by atoms with van der Waals surface area (Å²) in [5.41, 5.74) is 1.48. The van der Waals surface area contributed by atoms with Crippen LogP contribution in [0.4, 0.5) is 14.5 Å². The molecule has 2 rings (SSSR count). The van der Waals surface area contributed by atoms with E-state index in [9.17, 15) is 8.78 Å². The van der Waals surface area contributed by atoms with E-state index in [0.717, 1.165) is 17.7 Å². The highest BCUT2D eigenvalue weighted by Crippen LogP contribution is 2.14. The normalized spacial score (nSPS) is 10.3. The Morgan fingerprint density at radius 2 is 2.00 bits per heavy atom. The molecular weight excluding hydrogens is 200 g/mol. The van der Waals surface area contributed by atoms with Crippen molar-refractivity contribution < 1.29 is 13.2 Å². The number of rotatable bonds is 3. The molecule has 0 aliphatic rings. The minimum atomic E-state index is -0.854. The van der Waals surface area contributed by atoms with Gasteiger partial charge >= 0.3 is 0 Å². The molecule has 1 heterocycles. The average molecular weight is 209 g/mol. The van der Waals surface area contributed by atoms with Gasteiger partial charge in [0, 0.05) is 23.9 Å². The maximum absolute atomic E-state index is 12.8. The van der Waals surface area contributed by atoms with Crippen molar-refractivity contribution in [1.82, 2.24) is 0 Å². The molecule has 2 nitrogen and oxygen atoms in total. The standard InChI is InChI=1S/C11H9F2NO/c12-10-2-1-9(5-11(10)13)14-6-8-3-4-15-7-8/h1-5,7,14H,6H2. The van der Waals surface area contributed by atoms with Gasteiger partial charge in [0.15, 0.2) is 11.6 Å². The summed E-state index contributed by atoms with van der Waals surface area (Å²) in [6.45, 7) is 0.515. The maximum Gasteiger partial charge on any atom is 0.160 e. The second-order valence-electron chi connectivity index (χ2n) is 3.11. The molecule has 0 radical (unpaired) electrons. The Bertz CT molecular complexity index is 440. The lowest BCUT2D eigenvalue weighted by molar-refractivity contribution is 0.509. The molecule has 2 aromatic rings. The number of furan rings is 1. The first-order valence-corrected chi connectivity index (χ1v) is 4.46. The summed E-state index contributed by atoms with van der Waals surface area (Å²) < 4.78 is 30.3. The van der Waals surface area contributed by atoms with Gasteiger partial charge in [0.2, 0.25) is 0 Å². The molecule has 0 saturated carbocycles. The van der Waals surface area contributed by atoms with Gasteiger partial charge in [-0.05, 0) is 18.2 Å². The highest BCUT2D eigenvalue weighted by atomic mass is 19.2. The third kappa shape index (κ3) is 2.34. The van der Waals surface area contributed by atoms with Crippen LogP contribution >= 0.6 is 0 Å². The summed E-state index contributed by atoms with van der Waals surface area (Å²) in [6, 6.07) is 5.49. The van der Waals surface area contributed by atoms with Gasteiger partial charge in [0.05, 0.1) is 12.5 Å². The molecule has 0 fully saturated rings. The van der Waals surface area contributed by atoms with E-state index in [1.54, 1.807) is 18.6 Å². The molecule has 0 atom stereocenters. The Labute approximate surface area is 85.5 Å². The molecule has 78 valence electrons. The quantitative estimate of drug-likeness (QED) is 0.839. The van der Waals surface area contributed by atoms with E-state index in [1.807, 2.05) is 0 Å². The summed E-state index contributed by atoms with van der Waals surface area (Å²) in [5, 5.41) is 2.95. The topological polar surface area (TPSA) is 25.2 Å². The van der Waals surface area contributed by atoms with Gasteiger partial charge in [-0.3, -0.25) is 0 Å². The number of benzene rings is 1. The monoisotopic (exact) mass is 209 g/mol. The van der Waals surface area contributed by atoms with E-state index in [1.165, 1.54) is 6.07 Å². The zero-order chi connectivity index (χ0) is 10.7. The van der Waals surface area contributed by atoms with Crippen LogP contribution < -0.4 is 5.32 Å². The van der Waals surface area contributed by atoms with E-state index in [2.05, 4.69) is 5.32 Å². The summed E-state index contributed by atoms with van der Waals surface area (Å²) in [6.07, 6.45) is 3.15. The zero-order valence-electron chi connectivity index (χ0n) is 7.84. The fourth-order valence-electron chi connectivity index (χ4n) is 1.20. The van der Waals surface area contributed by atoms with Gasteiger partial charge in [-0.15, -0.1) is 0 Å². The van der Waals surface area contributed by atoms with Crippen LogP contribution in [0.3, 0.4) is 0 Å². The number of halogens is 2. The first-order valence-electron chi connectivity index (χ1n) is 4.46. The minimum Gasteiger partial charge on any atom is -0.472 e. The summed E-state index contributed by atoms with van der Waals surface area (Å²) >= 11 is 0. The van der Waals surface area contributed by atoms with Crippen molar-refractivity contribution in [3.8, 4) is 0 Å². The molecular formula is C11H9F2NO. The average Bonchev–Trinajstić information content (AvgIpc) is 2.73. The molecule has 0 unspecified atom stereocenters. The molecule has 0 bridgehead atoms. The smallest absolute Gasteiger partial charge is 0.160 e. The number of anilines is 1. The predicted octanol–water partition coefficient (Wildman–Crippen LogP) is 3.17. The van der Waals surface area contributed by atoms with Crippen molar-refractivity contribution in [2.45, 2.75) is 6.54 Å². The number of nitrogens with one attached hydrogen (secondary N) is 1. The number of hydrogen-bond acceptors (Lipinski definition) is 2. The predicted molar refractivity (Wildman–Crippen MR) is 52.4 cm³/mol. The van der Waals surface area contributed by atoms with Gasteiger partial charge in [-0.25, -0.2) is 8.78 Å². The molecule has 0 saturated heterocycles. The van der Waals surface area contributed by atoms with Gasteiger partial charge in [-0.2, -0.15) is 0 Å². The Kier molecular flexibility index (Phi) is 2.67. The van der Waals surface area contributed by atoms with Crippen LogP contribution in [0.1, 0.15) is 5.56 Å². The van der Waals surface area contributed by atoms with Gasteiger partial charge in [0.1, 0.15) is 0 Å². The second-order valence-corrected chi connectivity index (χ2v) is 3.11. The van der Waals surface area contributed by atoms with Crippen LogP contribution in [0.5, 0.6) is 0 Å². The molecule has 0 aliphatic carbocycles. The molecule has 15 heavy (non-hydrogen) atoms.